The van der Waals surface area contributed by atoms with Crippen molar-refractivity contribution in [2.45, 2.75) is 19.8 Å². The Kier molecular flexibility index (Phi) is 6.62. The fourth-order valence-corrected chi connectivity index (χ4v) is 2.61. The standard InChI is InChI=1S/C17H19NO4S/c1-2-21-14-7-5-13(6-8-14)18-16(19)12-22-17(20)10-9-15-4-3-11-23-15/h3-8,11H,2,9-10,12H2,1H3,(H,18,19). The van der Waals surface area contributed by atoms with Gasteiger partial charge in [-0.25, -0.2) is 0 Å². The van der Waals surface area contributed by atoms with Gasteiger partial charge in [-0.3, -0.25) is 9.59 Å². The van der Waals surface area contributed by atoms with Gasteiger partial charge in [0, 0.05) is 10.6 Å². The lowest BCUT2D eigenvalue weighted by atomic mass is 10.3. The van der Waals surface area contributed by atoms with E-state index in [0.29, 0.717) is 18.7 Å². The van der Waals surface area contributed by atoms with Gasteiger partial charge >= 0.3 is 5.97 Å². The van der Waals surface area contributed by atoms with Gasteiger partial charge in [0.05, 0.1) is 13.0 Å². The normalized spacial score (nSPS) is 10.1. The van der Waals surface area contributed by atoms with Crippen molar-refractivity contribution in [1.82, 2.24) is 0 Å². The maximum atomic E-state index is 11.7. The molecule has 0 radical (unpaired) electrons. The molecule has 6 heteroatoms. The molecule has 0 aliphatic rings. The number of carbonyl (C=O) groups is 2. The van der Waals surface area contributed by atoms with Crippen LogP contribution in [-0.4, -0.2) is 25.1 Å². The smallest absolute Gasteiger partial charge is 0.306 e. The van der Waals surface area contributed by atoms with Gasteiger partial charge in [-0.15, -0.1) is 11.3 Å². The Morgan fingerprint density at radius 2 is 1.96 bits per heavy atom. The minimum atomic E-state index is -0.375. The number of anilines is 1. The van der Waals surface area contributed by atoms with E-state index >= 15 is 0 Å². The molecule has 0 saturated heterocycles. The van der Waals surface area contributed by atoms with Crippen molar-refractivity contribution >= 4 is 28.9 Å². The monoisotopic (exact) mass is 333 g/mol. The molecule has 0 fully saturated rings. The number of ether oxygens (including phenoxy) is 2. The summed E-state index contributed by atoms with van der Waals surface area (Å²) in [5, 5.41) is 4.63. The minimum Gasteiger partial charge on any atom is -0.494 e. The predicted octanol–water partition coefficient (Wildman–Crippen LogP) is 3.26. The first-order chi connectivity index (χ1) is 11.2. The first-order valence-electron chi connectivity index (χ1n) is 7.38. The van der Waals surface area contributed by atoms with Crippen molar-refractivity contribution in [3.63, 3.8) is 0 Å². The van der Waals surface area contributed by atoms with Crippen molar-refractivity contribution in [3.05, 3.63) is 46.7 Å². The molecular formula is C17H19NO4S. The summed E-state index contributed by atoms with van der Waals surface area (Å²) in [5.74, 6) is 0.00406. The van der Waals surface area contributed by atoms with Crippen LogP contribution in [0.25, 0.3) is 0 Å². The Morgan fingerprint density at radius 1 is 1.17 bits per heavy atom. The van der Waals surface area contributed by atoms with Gasteiger partial charge in [-0.05, 0) is 49.1 Å². The second-order valence-electron chi connectivity index (χ2n) is 4.75. The molecule has 0 aliphatic carbocycles. The van der Waals surface area contributed by atoms with Crippen molar-refractivity contribution in [3.8, 4) is 5.75 Å². The Hall–Kier alpha value is -2.34. The summed E-state index contributed by atoms with van der Waals surface area (Å²) in [6.45, 7) is 2.21. The number of benzene rings is 1. The van der Waals surface area contributed by atoms with E-state index in [4.69, 9.17) is 9.47 Å². The number of hydrogen-bond donors (Lipinski definition) is 1. The molecule has 5 nitrogen and oxygen atoms in total. The molecule has 23 heavy (non-hydrogen) atoms. The maximum Gasteiger partial charge on any atom is 0.306 e. The van der Waals surface area contributed by atoms with Crippen LogP contribution in [0.15, 0.2) is 41.8 Å². The minimum absolute atomic E-state index is 0.275. The highest BCUT2D eigenvalue weighted by Crippen LogP contribution is 2.15. The van der Waals surface area contributed by atoms with Crippen LogP contribution in [0.1, 0.15) is 18.2 Å². The number of nitrogens with one attached hydrogen (secondary N) is 1. The zero-order chi connectivity index (χ0) is 16.5. The number of rotatable bonds is 8. The second kappa shape index (κ2) is 8.95. The predicted molar refractivity (Wildman–Crippen MR) is 89.8 cm³/mol. The third kappa shape index (κ3) is 6.12. The van der Waals surface area contributed by atoms with Crippen molar-refractivity contribution in [2.24, 2.45) is 0 Å². The molecule has 2 rings (SSSR count). The molecule has 122 valence electrons. The van der Waals surface area contributed by atoms with E-state index < -0.39 is 0 Å². The van der Waals surface area contributed by atoms with Crippen LogP contribution in [0.3, 0.4) is 0 Å². The van der Waals surface area contributed by atoms with Gasteiger partial charge in [0.25, 0.3) is 5.91 Å². The quantitative estimate of drug-likeness (QED) is 0.753. The lowest BCUT2D eigenvalue weighted by Crippen LogP contribution is -2.20. The molecule has 0 saturated carbocycles. The Morgan fingerprint density at radius 3 is 2.61 bits per heavy atom. The fourth-order valence-electron chi connectivity index (χ4n) is 1.90. The van der Waals surface area contributed by atoms with Gasteiger partial charge in [-0.2, -0.15) is 0 Å². The molecule has 0 spiro atoms. The first kappa shape index (κ1) is 17.0. The number of hydrogen-bond acceptors (Lipinski definition) is 5. The topological polar surface area (TPSA) is 64.6 Å². The number of esters is 1. The van der Waals surface area contributed by atoms with Gasteiger partial charge < -0.3 is 14.8 Å². The first-order valence-corrected chi connectivity index (χ1v) is 8.26. The lowest BCUT2D eigenvalue weighted by molar-refractivity contribution is -0.147. The summed E-state index contributed by atoms with van der Waals surface area (Å²) in [5.41, 5.74) is 0.632. The van der Waals surface area contributed by atoms with Crippen LogP contribution in [-0.2, 0) is 20.7 Å². The van der Waals surface area contributed by atoms with E-state index in [2.05, 4.69) is 5.32 Å². The van der Waals surface area contributed by atoms with E-state index in [1.807, 2.05) is 24.4 Å². The molecule has 1 aromatic carbocycles. The maximum absolute atomic E-state index is 11.7. The molecule has 2 aromatic rings. The SMILES string of the molecule is CCOc1ccc(NC(=O)COC(=O)CCc2cccs2)cc1. The van der Waals surface area contributed by atoms with E-state index in [-0.39, 0.29) is 24.9 Å². The van der Waals surface area contributed by atoms with Crippen LogP contribution in [0.5, 0.6) is 5.75 Å². The van der Waals surface area contributed by atoms with E-state index in [1.54, 1.807) is 35.6 Å². The lowest BCUT2D eigenvalue weighted by Gasteiger charge is -2.08. The summed E-state index contributed by atoms with van der Waals surface area (Å²) in [6, 6.07) is 10.9. The van der Waals surface area contributed by atoms with Crippen LogP contribution in [0, 0.1) is 0 Å². The zero-order valence-corrected chi connectivity index (χ0v) is 13.7. The summed E-state index contributed by atoms with van der Waals surface area (Å²) >= 11 is 1.60. The molecule has 0 unspecified atom stereocenters. The highest BCUT2D eigenvalue weighted by molar-refractivity contribution is 7.09. The van der Waals surface area contributed by atoms with Crippen LogP contribution in [0.2, 0.25) is 0 Å². The van der Waals surface area contributed by atoms with Crippen LogP contribution in [0.4, 0.5) is 5.69 Å². The number of amides is 1. The molecule has 1 heterocycles. The average Bonchev–Trinajstić information content (AvgIpc) is 3.06. The third-order valence-electron chi connectivity index (χ3n) is 2.97. The van der Waals surface area contributed by atoms with E-state index in [1.165, 1.54) is 0 Å². The molecule has 0 bridgehead atoms. The molecule has 0 atom stereocenters. The largest absolute Gasteiger partial charge is 0.494 e. The Balaban J connectivity index is 1.68. The number of thiophene rings is 1. The Bertz CT molecular complexity index is 623. The third-order valence-corrected chi connectivity index (χ3v) is 3.91. The van der Waals surface area contributed by atoms with Gasteiger partial charge in [0.1, 0.15) is 5.75 Å². The van der Waals surface area contributed by atoms with Crippen molar-refractivity contribution in [2.75, 3.05) is 18.5 Å². The fraction of sp³-hybridized carbons (Fsp3) is 0.294. The van der Waals surface area contributed by atoms with Crippen molar-refractivity contribution in [1.29, 1.82) is 0 Å². The van der Waals surface area contributed by atoms with Crippen LogP contribution >= 0.6 is 11.3 Å². The summed E-state index contributed by atoms with van der Waals surface area (Å²) in [4.78, 5) is 24.5. The summed E-state index contributed by atoms with van der Waals surface area (Å²) in [6.07, 6.45) is 0.911. The van der Waals surface area contributed by atoms with Gasteiger partial charge in [0.2, 0.25) is 0 Å². The molecule has 1 amide bonds. The van der Waals surface area contributed by atoms with Gasteiger partial charge in [0.15, 0.2) is 6.61 Å². The summed E-state index contributed by atoms with van der Waals surface area (Å²) in [7, 11) is 0. The highest BCUT2D eigenvalue weighted by Gasteiger charge is 2.08. The molecule has 1 aromatic heterocycles. The van der Waals surface area contributed by atoms with Crippen LogP contribution < -0.4 is 10.1 Å². The van der Waals surface area contributed by atoms with Gasteiger partial charge in [-0.1, -0.05) is 6.07 Å². The highest BCUT2D eigenvalue weighted by atomic mass is 32.1. The van der Waals surface area contributed by atoms with E-state index in [9.17, 15) is 9.59 Å². The van der Waals surface area contributed by atoms with Crippen molar-refractivity contribution < 1.29 is 19.1 Å². The molecule has 1 N–H and O–H groups in total. The second-order valence-corrected chi connectivity index (χ2v) is 5.78. The summed E-state index contributed by atoms with van der Waals surface area (Å²) < 4.78 is 10.3. The Labute approximate surface area is 139 Å². The van der Waals surface area contributed by atoms with E-state index in [0.717, 1.165) is 10.6 Å². The average molecular weight is 333 g/mol. The molecule has 0 aliphatic heterocycles. The molecular weight excluding hydrogens is 314 g/mol. The number of carbonyl (C=O) groups excluding carboxylic acids is 2. The number of aryl methyl sites for hydroxylation is 1. The zero-order valence-electron chi connectivity index (χ0n) is 12.9.